The summed E-state index contributed by atoms with van der Waals surface area (Å²) in [5.41, 5.74) is 9.83. The van der Waals surface area contributed by atoms with E-state index in [0.717, 1.165) is 15.7 Å². The number of aliphatic hydroxyl groups excluding tert-OH is 1. The SMILES string of the molecule is Nc1nc2c(nnn2[C@@H]2O[C@H](CO)C[C@H]2P(O)(=S)OC[C@H]2O[C@@H](n3nnc4c(N)ncnc43)[C@@H](F)[C@@H]2O[PH](O)=S)c(=O)[nH]1. The Balaban J connectivity index is 1.26. The molecule has 4 aromatic rings. The molecule has 2 aliphatic heterocycles. The molecule has 0 saturated carbocycles. The fraction of sp³-hybridized carbons (Fsp3) is 0.556. The highest BCUT2D eigenvalue weighted by Gasteiger charge is 2.51. The Morgan fingerprint density at radius 3 is 2.63 bits per heavy atom. The molecule has 4 aromatic heterocycles. The zero-order valence-electron chi connectivity index (χ0n) is 21.4. The third-order valence-corrected chi connectivity index (χ3v) is 10.6. The van der Waals surface area contributed by atoms with Crippen LogP contribution in [0.5, 0.6) is 0 Å². The molecule has 0 aliphatic carbocycles. The van der Waals surface area contributed by atoms with E-state index in [-0.39, 0.29) is 40.5 Å². The first-order valence-electron chi connectivity index (χ1n) is 12.3. The number of aromatic nitrogens is 10. The minimum absolute atomic E-state index is 0.0156. The molecule has 2 unspecified atom stereocenters. The molecule has 8 N–H and O–H groups in total. The minimum Gasteiger partial charge on any atom is -0.394 e. The van der Waals surface area contributed by atoms with Gasteiger partial charge in [-0.25, -0.2) is 14.4 Å². The second kappa shape index (κ2) is 11.7. The van der Waals surface area contributed by atoms with Crippen molar-refractivity contribution < 1.29 is 37.8 Å². The molecule has 6 rings (SSSR count). The summed E-state index contributed by atoms with van der Waals surface area (Å²) in [5, 5.41) is 25.3. The lowest BCUT2D eigenvalue weighted by molar-refractivity contribution is -0.0457. The molecule has 25 heteroatoms. The van der Waals surface area contributed by atoms with Crippen LogP contribution in [0.25, 0.3) is 22.3 Å². The predicted molar refractivity (Wildman–Crippen MR) is 151 cm³/mol. The topological polar surface area (TPSA) is 283 Å². The van der Waals surface area contributed by atoms with Gasteiger partial charge >= 0.3 is 0 Å². The number of aliphatic hydroxyl groups is 1. The summed E-state index contributed by atoms with van der Waals surface area (Å²) >= 11 is 10.3. The summed E-state index contributed by atoms with van der Waals surface area (Å²) in [6.07, 6.45) is -6.89. The number of nitrogens with two attached hydrogens (primary N) is 2. The number of nitrogen functional groups attached to an aromatic ring is 2. The van der Waals surface area contributed by atoms with Crippen molar-refractivity contribution in [3.05, 3.63) is 16.7 Å². The van der Waals surface area contributed by atoms with Crippen LogP contribution >= 0.6 is 13.6 Å². The van der Waals surface area contributed by atoms with E-state index in [4.69, 9.17) is 53.6 Å². The van der Waals surface area contributed by atoms with Gasteiger partial charge in [0.1, 0.15) is 18.5 Å². The number of alkyl halides is 1. The van der Waals surface area contributed by atoms with Gasteiger partial charge in [-0.2, -0.15) is 14.3 Å². The molecule has 0 bridgehead atoms. The zero-order valence-corrected chi connectivity index (χ0v) is 25.0. The van der Waals surface area contributed by atoms with Gasteiger partial charge in [0.25, 0.3) is 5.56 Å². The van der Waals surface area contributed by atoms with Crippen LogP contribution in [0.15, 0.2) is 11.1 Å². The number of nitrogens with one attached hydrogen (secondary N) is 1. The van der Waals surface area contributed by atoms with Gasteiger partial charge in [0.2, 0.25) is 5.95 Å². The first kappa shape index (κ1) is 30.3. The fourth-order valence-corrected chi connectivity index (χ4v) is 8.08. The monoisotopic (exact) mass is 680 g/mol. The lowest BCUT2D eigenvalue weighted by Gasteiger charge is -2.28. The van der Waals surface area contributed by atoms with Crippen molar-refractivity contribution >= 4 is 71.4 Å². The Morgan fingerprint density at radius 2 is 1.91 bits per heavy atom. The molecule has 6 heterocycles. The molecule has 0 radical (unpaired) electrons. The molecule has 43 heavy (non-hydrogen) atoms. The Bertz CT molecular complexity index is 1810. The molecule has 2 aliphatic rings. The molecule has 20 nitrogen and oxygen atoms in total. The number of nitrogens with zero attached hydrogens (tertiary/aromatic N) is 9. The van der Waals surface area contributed by atoms with Crippen LogP contribution in [0, 0.1) is 0 Å². The number of hydrogen-bond acceptors (Lipinski definition) is 17. The van der Waals surface area contributed by atoms with E-state index in [0.29, 0.717) is 0 Å². The van der Waals surface area contributed by atoms with Gasteiger partial charge in [-0.15, -0.1) is 10.2 Å². The first-order valence-corrected chi connectivity index (χ1v) is 17.6. The van der Waals surface area contributed by atoms with E-state index in [1.54, 1.807) is 0 Å². The Hall–Kier alpha value is -2.69. The molecule has 0 amide bonds. The number of H-pyrrole nitrogens is 1. The second-order valence-electron chi connectivity index (χ2n) is 9.47. The van der Waals surface area contributed by atoms with Crippen LogP contribution in [0.4, 0.5) is 16.2 Å². The fourth-order valence-electron chi connectivity index (χ4n) is 4.90. The lowest BCUT2D eigenvalue weighted by Crippen LogP contribution is -2.33. The lowest BCUT2D eigenvalue weighted by atomic mass is 10.1. The number of anilines is 2. The Morgan fingerprint density at radius 1 is 1.19 bits per heavy atom. The normalized spacial score (nSPS) is 29.8. The number of halogens is 1. The minimum atomic E-state index is -3.89. The van der Waals surface area contributed by atoms with Gasteiger partial charge in [-0.3, -0.25) is 9.78 Å². The van der Waals surface area contributed by atoms with Crippen molar-refractivity contribution in [2.75, 3.05) is 24.7 Å². The van der Waals surface area contributed by atoms with Crippen LogP contribution in [-0.4, -0.2) is 108 Å². The van der Waals surface area contributed by atoms with E-state index < -0.39 is 75.0 Å². The maximum Gasteiger partial charge on any atom is 0.282 e. The predicted octanol–water partition coefficient (Wildman–Crippen LogP) is -2.00. The quantitative estimate of drug-likeness (QED) is 0.104. The number of aromatic amines is 1. The molecule has 9 atom stereocenters. The van der Waals surface area contributed by atoms with Gasteiger partial charge in [-0.1, -0.05) is 10.4 Å². The Labute approximate surface area is 249 Å². The van der Waals surface area contributed by atoms with Crippen LogP contribution in [0.1, 0.15) is 18.9 Å². The third-order valence-electron chi connectivity index (χ3n) is 6.84. The Kier molecular flexibility index (Phi) is 8.23. The molecular weight excluding hydrogens is 657 g/mol. The van der Waals surface area contributed by atoms with Crippen molar-refractivity contribution in [3.63, 3.8) is 0 Å². The molecule has 2 fully saturated rings. The van der Waals surface area contributed by atoms with Crippen molar-refractivity contribution in [2.24, 2.45) is 0 Å². The maximum atomic E-state index is 15.7. The smallest absolute Gasteiger partial charge is 0.282 e. The average molecular weight is 681 g/mol. The molecular formula is C18H23FN12O8P2S2. The van der Waals surface area contributed by atoms with Crippen molar-refractivity contribution in [1.82, 2.24) is 49.9 Å². The highest BCUT2D eigenvalue weighted by atomic mass is 32.5. The van der Waals surface area contributed by atoms with E-state index in [1.165, 1.54) is 0 Å². The summed E-state index contributed by atoms with van der Waals surface area (Å²) in [7, 11) is -2.84. The first-order chi connectivity index (χ1) is 20.5. The highest BCUT2D eigenvalue weighted by Crippen LogP contribution is 2.58. The summed E-state index contributed by atoms with van der Waals surface area (Å²) in [6.45, 7) is -4.84. The average Bonchev–Trinajstić information content (AvgIpc) is 3.73. The second-order valence-corrected chi connectivity index (χ2v) is 14.9. The van der Waals surface area contributed by atoms with Gasteiger partial charge in [-0.05, 0) is 30.0 Å². The van der Waals surface area contributed by atoms with Gasteiger partial charge in [0.05, 0.1) is 25.0 Å². The number of ether oxygens (including phenoxy) is 2. The summed E-state index contributed by atoms with van der Waals surface area (Å²) in [5.74, 6) is -0.198. The van der Waals surface area contributed by atoms with Crippen molar-refractivity contribution in [1.29, 1.82) is 0 Å². The summed E-state index contributed by atoms with van der Waals surface area (Å²) in [4.78, 5) is 47.7. The number of hydrogen-bond donors (Lipinski definition) is 6. The summed E-state index contributed by atoms with van der Waals surface area (Å²) in [6, 6.07) is 0. The molecule has 2 saturated heterocycles. The third kappa shape index (κ3) is 5.55. The maximum absolute atomic E-state index is 15.7. The van der Waals surface area contributed by atoms with Gasteiger partial charge in [0, 0.05) is 0 Å². The molecule has 0 aromatic carbocycles. The van der Waals surface area contributed by atoms with Gasteiger partial charge in [0.15, 0.2) is 60.4 Å². The molecule has 0 spiro atoms. The standard InChI is InChI=1S/C18H23FN12O8P2S2/c19-8-11(39-40(34)42)6(38-17(8)30-13-9(26-28-30)12(20)22-4-23-13)3-36-41(35,43)7-1-5(2-32)37-16(7)31-14-10(27-29-31)15(33)25-18(21)24-14/h4-8,11,16-17,32,40H,1-3H2,(H,34,42)(H,35,43)(H2,20,22,23)(H3,21,24,25,33)/t5-,6+,7+,8-,11+,16+,17+,41?/m0/s1. The van der Waals surface area contributed by atoms with Crippen LogP contribution < -0.4 is 17.0 Å². The van der Waals surface area contributed by atoms with Crippen molar-refractivity contribution in [3.8, 4) is 0 Å². The van der Waals surface area contributed by atoms with E-state index in [1.807, 2.05) is 0 Å². The van der Waals surface area contributed by atoms with E-state index in [9.17, 15) is 19.7 Å². The van der Waals surface area contributed by atoms with Gasteiger partial charge < -0.3 is 44.9 Å². The zero-order chi connectivity index (χ0) is 30.6. The van der Waals surface area contributed by atoms with Crippen LogP contribution in [0.2, 0.25) is 0 Å². The number of rotatable bonds is 9. The largest absolute Gasteiger partial charge is 0.394 e. The van der Waals surface area contributed by atoms with E-state index >= 15 is 4.39 Å². The molecule has 232 valence electrons. The summed E-state index contributed by atoms with van der Waals surface area (Å²) < 4.78 is 40.7. The number of fused-ring (bicyclic) bond motifs is 2. The van der Waals surface area contributed by atoms with Crippen molar-refractivity contribution in [2.45, 2.75) is 49.0 Å². The highest BCUT2D eigenvalue weighted by molar-refractivity contribution is 8.09. The van der Waals surface area contributed by atoms with Crippen LogP contribution in [-0.2, 0) is 42.1 Å². The van der Waals surface area contributed by atoms with E-state index in [2.05, 4.69) is 40.6 Å². The van der Waals surface area contributed by atoms with Crippen LogP contribution in [0.3, 0.4) is 0 Å².